The molecule has 1 aromatic heterocycles. The number of sulfone groups is 1. The zero-order valence-electron chi connectivity index (χ0n) is 11.3. The minimum atomic E-state index is -4.65. The van der Waals surface area contributed by atoms with E-state index in [1.165, 1.54) is 0 Å². The molecule has 12 heteroatoms. The Kier molecular flexibility index (Phi) is 4.20. The van der Waals surface area contributed by atoms with E-state index in [-0.39, 0.29) is 5.69 Å². The van der Waals surface area contributed by atoms with Gasteiger partial charge in [0.15, 0.2) is 20.6 Å². The van der Waals surface area contributed by atoms with Crippen molar-refractivity contribution in [1.29, 1.82) is 0 Å². The summed E-state index contributed by atoms with van der Waals surface area (Å²) in [7, 11) is -3.81. The lowest BCUT2D eigenvalue weighted by molar-refractivity contribution is -0.137. The van der Waals surface area contributed by atoms with Crippen LogP contribution in [0, 0.1) is 0 Å². The molecule has 1 heterocycles. The zero-order chi connectivity index (χ0) is 17.7. The van der Waals surface area contributed by atoms with Crippen molar-refractivity contribution in [1.82, 2.24) is 9.78 Å². The number of hydrogen-bond donors (Lipinski definition) is 2. The van der Waals surface area contributed by atoms with Crippen LogP contribution < -0.4 is 11.5 Å². The van der Waals surface area contributed by atoms with Gasteiger partial charge in [0.25, 0.3) is 0 Å². The van der Waals surface area contributed by atoms with Gasteiger partial charge in [0, 0.05) is 6.26 Å². The molecule has 126 valence electrons. The van der Waals surface area contributed by atoms with E-state index in [2.05, 4.69) is 5.10 Å². The molecule has 2 aromatic rings. The Hall–Kier alpha value is -1.65. The predicted octanol–water partition coefficient (Wildman–Crippen LogP) is 2.77. The normalized spacial score (nSPS) is 12.6. The van der Waals surface area contributed by atoms with Gasteiger partial charge in [0.1, 0.15) is 11.5 Å². The molecule has 2 rings (SSSR count). The third kappa shape index (κ3) is 3.19. The molecule has 0 bridgehead atoms. The number of nitrogens with two attached hydrogens (primary N) is 2. The van der Waals surface area contributed by atoms with Crippen LogP contribution in [0.1, 0.15) is 5.56 Å². The van der Waals surface area contributed by atoms with Crippen molar-refractivity contribution in [2.24, 2.45) is 0 Å². The summed E-state index contributed by atoms with van der Waals surface area (Å²) in [4.78, 5) is -0.454. The second kappa shape index (κ2) is 5.46. The number of rotatable bonds is 2. The standard InChI is InChI=1S/C11H9Cl2F3N4O2S/c1-23(21,22)8-9(17)19-20(10(8)18)7-5(12)2-4(3-6(7)13)11(14,15)16/h2-3H,18H2,1H3,(H2,17,19). The number of aromatic nitrogens is 2. The topological polar surface area (TPSA) is 104 Å². The Balaban J connectivity index is 2.75. The van der Waals surface area contributed by atoms with Gasteiger partial charge in [0.05, 0.1) is 15.6 Å². The summed E-state index contributed by atoms with van der Waals surface area (Å²) in [5, 5.41) is 2.87. The fourth-order valence-electron chi connectivity index (χ4n) is 1.92. The number of halogens is 5. The van der Waals surface area contributed by atoms with Crippen molar-refractivity contribution in [3.8, 4) is 5.69 Å². The van der Waals surface area contributed by atoms with Crippen LogP contribution in [0.5, 0.6) is 0 Å². The smallest absolute Gasteiger partial charge is 0.382 e. The van der Waals surface area contributed by atoms with Crippen LogP contribution in [0.15, 0.2) is 17.0 Å². The number of nitrogens with zero attached hydrogens (tertiary/aromatic N) is 2. The highest BCUT2D eigenvalue weighted by Crippen LogP contribution is 2.39. The van der Waals surface area contributed by atoms with Crippen LogP contribution >= 0.6 is 23.2 Å². The van der Waals surface area contributed by atoms with E-state index in [0.717, 1.165) is 10.9 Å². The summed E-state index contributed by atoms with van der Waals surface area (Å²) in [5.41, 5.74) is 9.91. The van der Waals surface area contributed by atoms with E-state index < -0.39 is 48.2 Å². The SMILES string of the molecule is CS(=O)(=O)c1c(N)nn(-c2c(Cl)cc(C(F)(F)F)cc2Cl)c1N. The molecule has 23 heavy (non-hydrogen) atoms. The van der Waals surface area contributed by atoms with Gasteiger partial charge in [-0.2, -0.15) is 13.2 Å². The molecule has 0 saturated carbocycles. The first-order valence-electron chi connectivity index (χ1n) is 5.74. The molecular formula is C11H9Cl2F3N4O2S. The number of anilines is 2. The first-order chi connectivity index (χ1) is 10.3. The first kappa shape index (κ1) is 17.7. The maximum Gasteiger partial charge on any atom is 0.416 e. The quantitative estimate of drug-likeness (QED) is 0.822. The molecule has 0 fully saturated rings. The average molecular weight is 389 g/mol. The number of benzene rings is 1. The summed E-state index contributed by atoms with van der Waals surface area (Å²) in [6, 6.07) is 1.25. The van der Waals surface area contributed by atoms with Crippen LogP contribution in [0.3, 0.4) is 0 Å². The lowest BCUT2D eigenvalue weighted by atomic mass is 10.2. The Labute approximate surface area is 138 Å². The highest BCUT2D eigenvalue weighted by Gasteiger charge is 2.33. The van der Waals surface area contributed by atoms with Gasteiger partial charge in [-0.15, -0.1) is 5.10 Å². The molecular weight excluding hydrogens is 380 g/mol. The molecule has 0 radical (unpaired) electrons. The van der Waals surface area contributed by atoms with Gasteiger partial charge >= 0.3 is 6.18 Å². The predicted molar refractivity (Wildman–Crippen MR) is 80.5 cm³/mol. The van der Waals surface area contributed by atoms with Crippen molar-refractivity contribution in [3.63, 3.8) is 0 Å². The first-order valence-corrected chi connectivity index (χ1v) is 8.39. The van der Waals surface area contributed by atoms with Crippen LogP contribution in [0.25, 0.3) is 5.69 Å². The molecule has 6 nitrogen and oxygen atoms in total. The maximum absolute atomic E-state index is 12.7. The number of alkyl halides is 3. The van der Waals surface area contributed by atoms with Crippen LogP contribution in [-0.2, 0) is 16.0 Å². The van der Waals surface area contributed by atoms with Crippen molar-refractivity contribution >= 4 is 44.7 Å². The number of nitrogen functional groups attached to an aromatic ring is 2. The van der Waals surface area contributed by atoms with Crippen LogP contribution in [0.4, 0.5) is 24.8 Å². The summed E-state index contributed by atoms with van der Waals surface area (Å²) >= 11 is 11.7. The summed E-state index contributed by atoms with van der Waals surface area (Å²) < 4.78 is 62.2. The number of hydrogen-bond acceptors (Lipinski definition) is 5. The summed E-state index contributed by atoms with van der Waals surface area (Å²) in [5.74, 6) is -0.828. The van der Waals surface area contributed by atoms with E-state index in [1.54, 1.807) is 0 Å². The van der Waals surface area contributed by atoms with Gasteiger partial charge in [-0.1, -0.05) is 23.2 Å². The molecule has 0 saturated heterocycles. The lowest BCUT2D eigenvalue weighted by Crippen LogP contribution is -2.09. The fourth-order valence-corrected chi connectivity index (χ4v) is 3.45. The molecule has 0 atom stereocenters. The molecule has 0 spiro atoms. The monoisotopic (exact) mass is 388 g/mol. The molecule has 4 N–H and O–H groups in total. The zero-order valence-corrected chi connectivity index (χ0v) is 13.6. The van der Waals surface area contributed by atoms with Crippen molar-refractivity contribution in [2.45, 2.75) is 11.1 Å². The minimum absolute atomic E-state index is 0.208. The minimum Gasteiger partial charge on any atom is -0.382 e. The second-order valence-electron chi connectivity index (χ2n) is 4.57. The third-order valence-corrected chi connectivity index (χ3v) is 4.56. The van der Waals surface area contributed by atoms with Gasteiger partial charge < -0.3 is 11.5 Å². The summed E-state index contributed by atoms with van der Waals surface area (Å²) in [6.45, 7) is 0. The van der Waals surface area contributed by atoms with E-state index in [9.17, 15) is 21.6 Å². The Morgan fingerprint density at radius 1 is 1.17 bits per heavy atom. The molecule has 1 aromatic carbocycles. The van der Waals surface area contributed by atoms with Crippen LogP contribution in [-0.4, -0.2) is 24.5 Å². The van der Waals surface area contributed by atoms with Gasteiger partial charge in [-0.25, -0.2) is 13.1 Å². The molecule has 0 aliphatic rings. The lowest BCUT2D eigenvalue weighted by Gasteiger charge is -2.13. The highest BCUT2D eigenvalue weighted by atomic mass is 35.5. The largest absolute Gasteiger partial charge is 0.416 e. The van der Waals surface area contributed by atoms with E-state index in [1.807, 2.05) is 0 Å². The molecule has 0 amide bonds. The molecule has 0 aliphatic heterocycles. The van der Waals surface area contributed by atoms with Crippen molar-refractivity contribution < 1.29 is 21.6 Å². The summed E-state index contributed by atoms with van der Waals surface area (Å²) in [6.07, 6.45) is -3.80. The van der Waals surface area contributed by atoms with Gasteiger partial charge in [-0.05, 0) is 12.1 Å². The average Bonchev–Trinajstić information content (AvgIpc) is 2.62. The third-order valence-electron chi connectivity index (χ3n) is 2.83. The van der Waals surface area contributed by atoms with Gasteiger partial charge in [0.2, 0.25) is 0 Å². The van der Waals surface area contributed by atoms with E-state index >= 15 is 0 Å². The fraction of sp³-hybridized carbons (Fsp3) is 0.182. The maximum atomic E-state index is 12.7. The second-order valence-corrected chi connectivity index (χ2v) is 7.34. The van der Waals surface area contributed by atoms with Crippen molar-refractivity contribution in [2.75, 3.05) is 17.7 Å². The Morgan fingerprint density at radius 3 is 2.00 bits per heavy atom. The van der Waals surface area contributed by atoms with E-state index in [0.29, 0.717) is 12.1 Å². The van der Waals surface area contributed by atoms with Gasteiger partial charge in [-0.3, -0.25) is 0 Å². The van der Waals surface area contributed by atoms with E-state index in [4.69, 9.17) is 34.7 Å². The van der Waals surface area contributed by atoms with Crippen LogP contribution in [0.2, 0.25) is 10.0 Å². The molecule has 0 aliphatic carbocycles. The Morgan fingerprint density at radius 2 is 1.65 bits per heavy atom. The highest BCUT2D eigenvalue weighted by molar-refractivity contribution is 7.91. The van der Waals surface area contributed by atoms with Crippen molar-refractivity contribution in [3.05, 3.63) is 27.7 Å². The molecule has 0 unspecified atom stereocenters. The Bertz CT molecular complexity index is 870.